The fourth-order valence-electron chi connectivity index (χ4n) is 2.98. The number of likely N-dealkylation sites (tertiary alicyclic amines) is 1. The first-order chi connectivity index (χ1) is 10.8. The largest absolute Gasteiger partial charge is 0.444 e. The van der Waals surface area contributed by atoms with Crippen LogP contribution in [0.2, 0.25) is 0 Å². The molecule has 0 aromatic carbocycles. The summed E-state index contributed by atoms with van der Waals surface area (Å²) < 4.78 is 5.41. The third-order valence-corrected chi connectivity index (χ3v) is 4.93. The lowest BCUT2D eigenvalue weighted by Gasteiger charge is -2.40. The minimum absolute atomic E-state index is 0.0355. The van der Waals surface area contributed by atoms with Crippen molar-refractivity contribution in [2.24, 2.45) is 0 Å². The second-order valence-electron chi connectivity index (χ2n) is 7.07. The van der Waals surface area contributed by atoms with E-state index in [0.29, 0.717) is 19.6 Å². The zero-order chi connectivity index (χ0) is 16.6. The number of urea groups is 1. The summed E-state index contributed by atoms with van der Waals surface area (Å²) in [6.45, 7) is 7.51. The quantitative estimate of drug-likeness (QED) is 0.853. The van der Waals surface area contributed by atoms with Crippen molar-refractivity contribution in [3.05, 3.63) is 16.3 Å². The number of hydrogen-bond acceptors (Lipinski definition) is 4. The van der Waals surface area contributed by atoms with Crippen molar-refractivity contribution in [3.8, 4) is 0 Å². The van der Waals surface area contributed by atoms with E-state index in [0.717, 1.165) is 18.5 Å². The lowest BCUT2D eigenvalue weighted by molar-refractivity contribution is 0.0163. The summed E-state index contributed by atoms with van der Waals surface area (Å²) in [7, 11) is 0. The minimum Gasteiger partial charge on any atom is -0.444 e. The van der Waals surface area contributed by atoms with Crippen LogP contribution in [0.3, 0.4) is 0 Å². The molecule has 3 heterocycles. The number of amides is 3. The lowest BCUT2D eigenvalue weighted by atomic mass is 10.0. The number of carbonyl (C=O) groups excluding carboxylic acids is 2. The fourth-order valence-corrected chi connectivity index (χ4v) is 3.76. The van der Waals surface area contributed by atoms with Crippen molar-refractivity contribution in [2.75, 3.05) is 18.4 Å². The first-order valence-electron chi connectivity index (χ1n) is 7.94. The van der Waals surface area contributed by atoms with Crippen LogP contribution in [-0.2, 0) is 11.3 Å². The van der Waals surface area contributed by atoms with Gasteiger partial charge in [-0.25, -0.2) is 9.59 Å². The van der Waals surface area contributed by atoms with Gasteiger partial charge in [0.2, 0.25) is 0 Å². The van der Waals surface area contributed by atoms with Gasteiger partial charge >= 0.3 is 12.1 Å². The van der Waals surface area contributed by atoms with Crippen LogP contribution >= 0.6 is 11.3 Å². The van der Waals surface area contributed by atoms with Crippen molar-refractivity contribution in [1.29, 1.82) is 0 Å². The molecule has 0 aliphatic carbocycles. The Morgan fingerprint density at radius 1 is 1.30 bits per heavy atom. The molecule has 1 aromatic heterocycles. The van der Waals surface area contributed by atoms with E-state index < -0.39 is 5.60 Å². The van der Waals surface area contributed by atoms with Crippen LogP contribution in [0.1, 0.15) is 39.2 Å². The molecule has 1 aromatic rings. The molecule has 1 saturated heterocycles. The number of anilines is 1. The number of thiophene rings is 1. The molecule has 2 aliphatic heterocycles. The van der Waals surface area contributed by atoms with Gasteiger partial charge in [0, 0.05) is 30.1 Å². The van der Waals surface area contributed by atoms with Gasteiger partial charge in [-0.05, 0) is 39.0 Å². The number of ether oxygens (including phenoxy) is 1. The Morgan fingerprint density at radius 3 is 2.65 bits per heavy atom. The summed E-state index contributed by atoms with van der Waals surface area (Å²) in [5.41, 5.74) is 1.63. The van der Waals surface area contributed by atoms with Gasteiger partial charge in [0.25, 0.3) is 0 Å². The number of rotatable bonds is 1. The molecular weight excluding hydrogens is 314 g/mol. The molecule has 0 spiro atoms. The molecule has 3 rings (SSSR count). The Bertz CT molecular complexity index is 600. The highest BCUT2D eigenvalue weighted by Gasteiger charge is 2.33. The van der Waals surface area contributed by atoms with E-state index in [9.17, 15) is 9.59 Å². The van der Waals surface area contributed by atoms with Gasteiger partial charge in [-0.3, -0.25) is 0 Å². The maximum Gasteiger partial charge on any atom is 0.410 e. The Hall–Kier alpha value is -1.76. The molecule has 6 nitrogen and oxygen atoms in total. The lowest BCUT2D eigenvalue weighted by Crippen LogP contribution is -2.51. The smallest absolute Gasteiger partial charge is 0.410 e. The minimum atomic E-state index is -0.476. The Morgan fingerprint density at radius 2 is 2.00 bits per heavy atom. The number of hydrogen-bond donors (Lipinski definition) is 1. The second kappa shape index (κ2) is 6.03. The number of nitrogens with one attached hydrogen (secondary N) is 1. The molecule has 3 amide bonds. The molecule has 0 unspecified atom stereocenters. The Kier molecular flexibility index (Phi) is 4.23. The molecule has 126 valence electrons. The summed E-state index contributed by atoms with van der Waals surface area (Å²) in [6, 6.07) is 0.133. The van der Waals surface area contributed by atoms with Gasteiger partial charge in [0.1, 0.15) is 5.60 Å². The molecular formula is C16H23N3O3S. The summed E-state index contributed by atoms with van der Waals surface area (Å²) in [5, 5.41) is 6.99. The van der Waals surface area contributed by atoms with E-state index in [2.05, 4.69) is 10.7 Å². The second-order valence-corrected chi connectivity index (χ2v) is 7.81. The van der Waals surface area contributed by atoms with Gasteiger partial charge in [-0.1, -0.05) is 0 Å². The van der Waals surface area contributed by atoms with Gasteiger partial charge < -0.3 is 19.9 Å². The molecule has 0 atom stereocenters. The highest BCUT2D eigenvalue weighted by atomic mass is 32.1. The van der Waals surface area contributed by atoms with Gasteiger partial charge in [0.15, 0.2) is 0 Å². The normalized spacial score (nSPS) is 19.3. The third kappa shape index (κ3) is 3.60. The van der Waals surface area contributed by atoms with E-state index in [4.69, 9.17) is 4.74 Å². The van der Waals surface area contributed by atoms with E-state index in [1.54, 1.807) is 16.2 Å². The predicted molar refractivity (Wildman–Crippen MR) is 89.7 cm³/mol. The van der Waals surface area contributed by atoms with Crippen molar-refractivity contribution in [1.82, 2.24) is 9.80 Å². The Labute approximate surface area is 140 Å². The summed E-state index contributed by atoms with van der Waals surface area (Å²) in [4.78, 5) is 28.0. The molecule has 1 N–H and O–H groups in total. The molecule has 0 radical (unpaired) electrons. The van der Waals surface area contributed by atoms with Crippen LogP contribution < -0.4 is 5.32 Å². The van der Waals surface area contributed by atoms with Crippen LogP contribution in [0, 0.1) is 0 Å². The molecule has 23 heavy (non-hydrogen) atoms. The maximum absolute atomic E-state index is 12.3. The third-order valence-electron chi connectivity index (χ3n) is 4.14. The van der Waals surface area contributed by atoms with Gasteiger partial charge in [0.05, 0.1) is 12.2 Å². The molecule has 2 aliphatic rings. The van der Waals surface area contributed by atoms with E-state index in [1.165, 1.54) is 5.56 Å². The number of nitrogens with zero attached hydrogens (tertiary/aromatic N) is 2. The summed E-state index contributed by atoms with van der Waals surface area (Å²) >= 11 is 1.60. The van der Waals surface area contributed by atoms with Crippen LogP contribution in [-0.4, -0.2) is 46.7 Å². The van der Waals surface area contributed by atoms with Crippen LogP contribution in [0.15, 0.2) is 10.8 Å². The number of piperidine rings is 1. The van der Waals surface area contributed by atoms with Crippen LogP contribution in [0.25, 0.3) is 0 Å². The summed E-state index contributed by atoms with van der Waals surface area (Å²) in [5.74, 6) is 0. The molecule has 0 saturated carbocycles. The van der Waals surface area contributed by atoms with Crippen molar-refractivity contribution in [3.63, 3.8) is 0 Å². The molecule has 7 heteroatoms. The average Bonchev–Trinajstić information content (AvgIpc) is 2.92. The first-order valence-corrected chi connectivity index (χ1v) is 8.88. The van der Waals surface area contributed by atoms with E-state index >= 15 is 0 Å². The average molecular weight is 337 g/mol. The maximum atomic E-state index is 12.3. The predicted octanol–water partition coefficient (Wildman–Crippen LogP) is 3.50. The number of carbonyl (C=O) groups is 2. The SMILES string of the molecule is CC(C)(C)OC(=O)N1CCC(N2Cc3cscc3NC2=O)CC1. The van der Waals surface area contributed by atoms with Crippen LogP contribution in [0.5, 0.6) is 0 Å². The molecule has 0 bridgehead atoms. The van der Waals surface area contributed by atoms with Gasteiger partial charge in [-0.2, -0.15) is 0 Å². The van der Waals surface area contributed by atoms with Crippen molar-refractivity contribution in [2.45, 2.75) is 51.8 Å². The summed E-state index contributed by atoms with van der Waals surface area (Å²) in [6.07, 6.45) is 1.30. The highest BCUT2D eigenvalue weighted by molar-refractivity contribution is 7.08. The van der Waals surface area contributed by atoms with E-state index in [1.807, 2.05) is 31.1 Å². The topological polar surface area (TPSA) is 61.9 Å². The zero-order valence-electron chi connectivity index (χ0n) is 13.8. The standard InChI is InChI=1S/C16H23N3O3S/c1-16(2,3)22-15(21)18-6-4-12(5-7-18)19-8-11-9-23-10-13(11)17-14(19)20/h9-10,12H,4-8H2,1-3H3,(H,17,20). The fraction of sp³-hybridized carbons (Fsp3) is 0.625. The van der Waals surface area contributed by atoms with Gasteiger partial charge in [-0.15, -0.1) is 11.3 Å². The molecule has 1 fully saturated rings. The first kappa shape index (κ1) is 16.1. The Balaban J connectivity index is 1.57. The van der Waals surface area contributed by atoms with E-state index in [-0.39, 0.29) is 18.2 Å². The van der Waals surface area contributed by atoms with Crippen LogP contribution in [0.4, 0.5) is 15.3 Å². The monoisotopic (exact) mass is 337 g/mol. The number of fused-ring (bicyclic) bond motifs is 1. The zero-order valence-corrected chi connectivity index (χ0v) is 14.6. The highest BCUT2D eigenvalue weighted by Crippen LogP contribution is 2.30. The van der Waals surface area contributed by atoms with Crippen molar-refractivity contribution < 1.29 is 14.3 Å². The van der Waals surface area contributed by atoms with Crippen molar-refractivity contribution >= 4 is 29.1 Å².